The zero-order chi connectivity index (χ0) is 8.81. The van der Waals surface area contributed by atoms with E-state index in [1.165, 1.54) is 0 Å². The second kappa shape index (κ2) is 4.90. The van der Waals surface area contributed by atoms with Gasteiger partial charge in [0.1, 0.15) is 0 Å². The predicted molar refractivity (Wildman–Crippen MR) is 44.8 cm³/mol. The zero-order valence-corrected chi connectivity index (χ0v) is 7.43. The quantitative estimate of drug-likeness (QED) is 0.663. The zero-order valence-electron chi connectivity index (χ0n) is 7.43. The van der Waals surface area contributed by atoms with E-state index in [1.54, 1.807) is 19.6 Å². The van der Waals surface area contributed by atoms with Gasteiger partial charge in [-0.3, -0.25) is 0 Å². The molecule has 1 heterocycles. The van der Waals surface area contributed by atoms with Gasteiger partial charge in [-0.1, -0.05) is 0 Å². The van der Waals surface area contributed by atoms with Crippen LogP contribution >= 0.6 is 0 Å². The minimum atomic E-state index is -0.0532. The van der Waals surface area contributed by atoms with Crippen molar-refractivity contribution in [1.29, 1.82) is 0 Å². The molecule has 12 heavy (non-hydrogen) atoms. The van der Waals surface area contributed by atoms with Gasteiger partial charge in [-0.25, -0.2) is 4.98 Å². The Bertz CT molecular complexity index is 193. The summed E-state index contributed by atoms with van der Waals surface area (Å²) in [6.07, 6.45) is 5.25. The van der Waals surface area contributed by atoms with Crippen LogP contribution in [0.5, 0.6) is 0 Å². The van der Waals surface area contributed by atoms with Crippen molar-refractivity contribution in [3.63, 3.8) is 0 Å². The lowest BCUT2D eigenvalue weighted by Crippen LogP contribution is -2.16. The Labute approximate surface area is 72.1 Å². The van der Waals surface area contributed by atoms with E-state index in [4.69, 9.17) is 9.47 Å². The van der Waals surface area contributed by atoms with Crippen molar-refractivity contribution in [2.45, 2.75) is 13.2 Å². The van der Waals surface area contributed by atoms with Crippen LogP contribution in [0.4, 0.5) is 0 Å². The van der Waals surface area contributed by atoms with Crippen molar-refractivity contribution in [3.8, 4) is 0 Å². The highest BCUT2D eigenvalue weighted by molar-refractivity contribution is 4.76. The van der Waals surface area contributed by atoms with Crippen molar-refractivity contribution in [1.82, 2.24) is 9.55 Å². The Kier molecular flexibility index (Phi) is 3.76. The van der Waals surface area contributed by atoms with E-state index in [9.17, 15) is 0 Å². The maximum absolute atomic E-state index is 5.42. The highest BCUT2D eigenvalue weighted by Crippen LogP contribution is 2.07. The van der Waals surface area contributed by atoms with Gasteiger partial charge < -0.3 is 14.0 Å². The molecule has 0 fully saturated rings. The largest absolute Gasteiger partial charge is 0.380 e. The predicted octanol–water partition coefficient (Wildman–Crippen LogP) is 1.06. The minimum absolute atomic E-state index is 0.0532. The maximum atomic E-state index is 5.42. The Balaban J connectivity index is 2.53. The second-order valence-electron chi connectivity index (χ2n) is 2.38. The first-order valence-electron chi connectivity index (χ1n) is 3.96. The molecule has 0 N–H and O–H groups in total. The summed E-state index contributed by atoms with van der Waals surface area (Å²) in [6.45, 7) is 3.18. The van der Waals surface area contributed by atoms with E-state index in [1.807, 2.05) is 17.7 Å². The van der Waals surface area contributed by atoms with Crippen LogP contribution in [0.25, 0.3) is 0 Å². The third-order valence-corrected chi connectivity index (χ3v) is 1.53. The molecule has 1 rings (SSSR count). The molecule has 0 spiro atoms. The molecule has 0 aliphatic rings. The molecule has 1 aromatic heterocycles. The molecule has 0 saturated carbocycles. The number of hydrogen-bond donors (Lipinski definition) is 0. The number of imidazole rings is 1. The Morgan fingerprint density at radius 3 is 2.92 bits per heavy atom. The van der Waals surface area contributed by atoms with Crippen LogP contribution in [0.15, 0.2) is 18.7 Å². The van der Waals surface area contributed by atoms with Crippen molar-refractivity contribution in [2.75, 3.05) is 20.3 Å². The highest BCUT2D eigenvalue weighted by Gasteiger charge is 2.08. The topological polar surface area (TPSA) is 36.3 Å². The Hall–Kier alpha value is -0.870. The Morgan fingerprint density at radius 2 is 2.42 bits per heavy atom. The number of nitrogens with zero attached hydrogens (tertiary/aromatic N) is 2. The molecule has 0 aliphatic heterocycles. The molecule has 0 radical (unpaired) electrons. The first-order chi connectivity index (χ1) is 5.88. The van der Waals surface area contributed by atoms with Gasteiger partial charge in [0.25, 0.3) is 0 Å². The highest BCUT2D eigenvalue weighted by atomic mass is 16.5. The van der Waals surface area contributed by atoms with Crippen LogP contribution < -0.4 is 0 Å². The molecule has 1 unspecified atom stereocenters. The molecule has 68 valence electrons. The smallest absolute Gasteiger partial charge is 0.158 e. The summed E-state index contributed by atoms with van der Waals surface area (Å²) in [6, 6.07) is 0. The summed E-state index contributed by atoms with van der Waals surface area (Å²) in [5.74, 6) is 0. The van der Waals surface area contributed by atoms with E-state index in [2.05, 4.69) is 4.98 Å². The van der Waals surface area contributed by atoms with E-state index in [-0.39, 0.29) is 6.23 Å². The van der Waals surface area contributed by atoms with Crippen molar-refractivity contribution in [3.05, 3.63) is 18.7 Å². The fourth-order valence-electron chi connectivity index (χ4n) is 0.995. The summed E-state index contributed by atoms with van der Waals surface area (Å²) in [5.41, 5.74) is 0. The van der Waals surface area contributed by atoms with E-state index in [0.29, 0.717) is 13.2 Å². The number of rotatable bonds is 5. The summed E-state index contributed by atoms with van der Waals surface area (Å²) < 4.78 is 12.3. The molecule has 0 saturated heterocycles. The monoisotopic (exact) mass is 170 g/mol. The van der Waals surface area contributed by atoms with Gasteiger partial charge in [-0.2, -0.15) is 0 Å². The molecule has 1 atom stereocenters. The molecule has 0 amide bonds. The number of methoxy groups -OCH3 is 1. The standard InChI is InChI=1S/C8H14N2O2/c1-3-12-8(6-11-2)10-5-4-9-7-10/h4-5,7-8H,3,6H2,1-2H3. The molecule has 1 aromatic rings. The summed E-state index contributed by atoms with van der Waals surface area (Å²) in [5, 5.41) is 0. The van der Waals surface area contributed by atoms with Crippen LogP contribution in [-0.2, 0) is 9.47 Å². The molecule has 0 bridgehead atoms. The third kappa shape index (κ3) is 2.32. The lowest BCUT2D eigenvalue weighted by molar-refractivity contribution is -0.0410. The van der Waals surface area contributed by atoms with E-state index in [0.717, 1.165) is 0 Å². The van der Waals surface area contributed by atoms with Gasteiger partial charge in [0.05, 0.1) is 12.9 Å². The normalized spacial score (nSPS) is 13.2. The Morgan fingerprint density at radius 1 is 1.58 bits per heavy atom. The fourth-order valence-corrected chi connectivity index (χ4v) is 0.995. The lowest BCUT2D eigenvalue weighted by Gasteiger charge is -2.16. The van der Waals surface area contributed by atoms with Gasteiger partial charge >= 0.3 is 0 Å². The molecule has 4 heteroatoms. The third-order valence-electron chi connectivity index (χ3n) is 1.53. The number of aromatic nitrogens is 2. The molecule has 0 aliphatic carbocycles. The van der Waals surface area contributed by atoms with E-state index < -0.39 is 0 Å². The first-order valence-corrected chi connectivity index (χ1v) is 3.96. The van der Waals surface area contributed by atoms with Gasteiger partial charge in [-0.15, -0.1) is 0 Å². The van der Waals surface area contributed by atoms with Crippen LogP contribution in [0.2, 0.25) is 0 Å². The molecular formula is C8H14N2O2. The average Bonchev–Trinajstić information content (AvgIpc) is 2.56. The summed E-state index contributed by atoms with van der Waals surface area (Å²) in [7, 11) is 1.66. The van der Waals surface area contributed by atoms with Crippen LogP contribution in [-0.4, -0.2) is 29.9 Å². The first kappa shape index (κ1) is 9.22. The molecule has 0 aromatic carbocycles. The summed E-state index contributed by atoms with van der Waals surface area (Å²) >= 11 is 0. The molecular weight excluding hydrogens is 156 g/mol. The number of hydrogen-bond acceptors (Lipinski definition) is 3. The maximum Gasteiger partial charge on any atom is 0.158 e. The van der Waals surface area contributed by atoms with Crippen LogP contribution in [0.3, 0.4) is 0 Å². The van der Waals surface area contributed by atoms with Gasteiger partial charge in [0.2, 0.25) is 0 Å². The SMILES string of the molecule is CCOC(COC)n1ccnc1. The lowest BCUT2D eigenvalue weighted by atomic mass is 10.5. The van der Waals surface area contributed by atoms with Crippen LogP contribution in [0, 0.1) is 0 Å². The van der Waals surface area contributed by atoms with Gasteiger partial charge in [0.15, 0.2) is 6.23 Å². The van der Waals surface area contributed by atoms with Crippen molar-refractivity contribution < 1.29 is 9.47 Å². The average molecular weight is 170 g/mol. The van der Waals surface area contributed by atoms with Crippen LogP contribution in [0.1, 0.15) is 13.2 Å². The van der Waals surface area contributed by atoms with Gasteiger partial charge in [0, 0.05) is 26.1 Å². The van der Waals surface area contributed by atoms with E-state index >= 15 is 0 Å². The molecule has 4 nitrogen and oxygen atoms in total. The minimum Gasteiger partial charge on any atom is -0.380 e. The second-order valence-corrected chi connectivity index (χ2v) is 2.38. The van der Waals surface area contributed by atoms with Gasteiger partial charge in [-0.05, 0) is 6.92 Å². The van der Waals surface area contributed by atoms with Crippen molar-refractivity contribution in [2.24, 2.45) is 0 Å². The summed E-state index contributed by atoms with van der Waals surface area (Å²) in [4.78, 5) is 3.93. The fraction of sp³-hybridized carbons (Fsp3) is 0.625. The van der Waals surface area contributed by atoms with Crippen molar-refractivity contribution >= 4 is 0 Å². The number of ether oxygens (including phenoxy) is 2.